The van der Waals surface area contributed by atoms with Gasteiger partial charge in [-0.2, -0.15) is 0 Å². The molecule has 5 nitrogen and oxygen atoms in total. The standard InChI is InChI=1S/C18H23N3O2/c1-13-10-16(21-15-8-6-5-7-9-15)19-11-14(13)12-20-17(22)23-18(2,3)4/h5-11H,12H2,1-4H3,(H,19,21)(H,20,22). The number of rotatable bonds is 4. The number of para-hydroxylation sites is 1. The summed E-state index contributed by atoms with van der Waals surface area (Å²) in [5, 5.41) is 5.99. The van der Waals surface area contributed by atoms with Crippen molar-refractivity contribution in [2.45, 2.75) is 39.8 Å². The van der Waals surface area contributed by atoms with E-state index in [9.17, 15) is 4.79 Å². The molecule has 2 aromatic rings. The molecule has 1 aromatic heterocycles. The minimum absolute atomic E-state index is 0.388. The molecule has 0 spiro atoms. The molecule has 2 rings (SSSR count). The summed E-state index contributed by atoms with van der Waals surface area (Å²) >= 11 is 0. The van der Waals surface area contributed by atoms with Crippen LogP contribution < -0.4 is 10.6 Å². The molecule has 0 bridgehead atoms. The van der Waals surface area contributed by atoms with Gasteiger partial charge in [-0.05, 0) is 57.0 Å². The lowest BCUT2D eigenvalue weighted by atomic mass is 10.1. The first kappa shape index (κ1) is 16.8. The molecule has 0 aliphatic carbocycles. The van der Waals surface area contributed by atoms with Crippen LogP contribution in [0.2, 0.25) is 0 Å². The Balaban J connectivity index is 1.96. The van der Waals surface area contributed by atoms with E-state index in [1.165, 1.54) is 0 Å². The van der Waals surface area contributed by atoms with Gasteiger partial charge in [0.05, 0.1) is 0 Å². The number of anilines is 2. The Labute approximate surface area is 137 Å². The van der Waals surface area contributed by atoms with Crippen molar-refractivity contribution in [3.63, 3.8) is 0 Å². The molecule has 1 amide bonds. The summed E-state index contributed by atoms with van der Waals surface area (Å²) in [6.07, 6.45) is 1.33. The first-order chi connectivity index (χ1) is 10.8. The summed E-state index contributed by atoms with van der Waals surface area (Å²) < 4.78 is 5.22. The van der Waals surface area contributed by atoms with E-state index in [0.717, 1.165) is 22.6 Å². The number of hydrogen-bond acceptors (Lipinski definition) is 4. The Morgan fingerprint density at radius 2 is 1.91 bits per heavy atom. The lowest BCUT2D eigenvalue weighted by molar-refractivity contribution is 0.0523. The highest BCUT2D eigenvalue weighted by Crippen LogP contribution is 2.17. The highest BCUT2D eigenvalue weighted by Gasteiger charge is 2.16. The van der Waals surface area contributed by atoms with E-state index in [2.05, 4.69) is 15.6 Å². The summed E-state index contributed by atoms with van der Waals surface area (Å²) in [6, 6.07) is 11.8. The van der Waals surface area contributed by atoms with Gasteiger partial charge >= 0.3 is 6.09 Å². The number of hydrogen-bond donors (Lipinski definition) is 2. The van der Waals surface area contributed by atoms with Crippen LogP contribution in [-0.4, -0.2) is 16.7 Å². The van der Waals surface area contributed by atoms with Crippen molar-refractivity contribution in [2.75, 3.05) is 5.32 Å². The number of benzene rings is 1. The Morgan fingerprint density at radius 3 is 2.52 bits per heavy atom. The number of alkyl carbamates (subject to hydrolysis) is 1. The molecule has 0 saturated carbocycles. The zero-order valence-corrected chi connectivity index (χ0v) is 14.0. The lowest BCUT2D eigenvalue weighted by Crippen LogP contribution is -2.32. The summed E-state index contributed by atoms with van der Waals surface area (Å²) in [7, 11) is 0. The van der Waals surface area contributed by atoms with Gasteiger partial charge in [0.25, 0.3) is 0 Å². The predicted octanol–water partition coefficient (Wildman–Crippen LogP) is 4.16. The monoisotopic (exact) mass is 313 g/mol. The number of ether oxygens (including phenoxy) is 1. The summed E-state index contributed by atoms with van der Waals surface area (Å²) in [5.41, 5.74) is 2.49. The van der Waals surface area contributed by atoms with E-state index in [1.54, 1.807) is 6.20 Å². The lowest BCUT2D eigenvalue weighted by Gasteiger charge is -2.20. The predicted molar refractivity (Wildman–Crippen MR) is 91.8 cm³/mol. The first-order valence-electron chi connectivity index (χ1n) is 7.58. The molecular formula is C18H23N3O2. The van der Waals surface area contributed by atoms with Crippen LogP contribution in [0.1, 0.15) is 31.9 Å². The maximum atomic E-state index is 11.7. The Kier molecular flexibility index (Phi) is 5.21. The summed E-state index contributed by atoms with van der Waals surface area (Å²) in [6.45, 7) is 7.89. The molecule has 1 heterocycles. The average Bonchev–Trinajstić information content (AvgIpc) is 2.45. The number of pyridine rings is 1. The van der Waals surface area contributed by atoms with Crippen molar-refractivity contribution in [3.8, 4) is 0 Å². The van der Waals surface area contributed by atoms with Crippen LogP contribution in [-0.2, 0) is 11.3 Å². The molecule has 23 heavy (non-hydrogen) atoms. The smallest absolute Gasteiger partial charge is 0.407 e. The normalized spacial score (nSPS) is 11.0. The minimum atomic E-state index is -0.499. The van der Waals surface area contributed by atoms with Crippen molar-refractivity contribution in [2.24, 2.45) is 0 Å². The zero-order valence-electron chi connectivity index (χ0n) is 14.0. The third-order valence-corrected chi connectivity index (χ3v) is 3.09. The van der Waals surface area contributed by atoms with Crippen molar-refractivity contribution in [1.29, 1.82) is 0 Å². The molecule has 0 radical (unpaired) electrons. The van der Waals surface area contributed by atoms with E-state index >= 15 is 0 Å². The summed E-state index contributed by atoms with van der Waals surface area (Å²) in [4.78, 5) is 16.1. The molecule has 0 saturated heterocycles. The van der Waals surface area contributed by atoms with Crippen LogP contribution in [0.5, 0.6) is 0 Å². The van der Waals surface area contributed by atoms with E-state index in [0.29, 0.717) is 6.54 Å². The van der Waals surface area contributed by atoms with E-state index in [-0.39, 0.29) is 0 Å². The molecule has 5 heteroatoms. The number of nitrogens with zero attached hydrogens (tertiary/aromatic N) is 1. The largest absolute Gasteiger partial charge is 0.444 e. The number of carbonyl (C=O) groups is 1. The Morgan fingerprint density at radius 1 is 1.22 bits per heavy atom. The van der Waals surface area contributed by atoms with Crippen molar-refractivity contribution in [3.05, 3.63) is 53.7 Å². The molecule has 0 aliphatic heterocycles. The van der Waals surface area contributed by atoms with Gasteiger partial charge in [0.2, 0.25) is 0 Å². The van der Waals surface area contributed by atoms with Crippen LogP contribution in [0.25, 0.3) is 0 Å². The fraction of sp³-hybridized carbons (Fsp3) is 0.333. The molecule has 0 fully saturated rings. The van der Waals surface area contributed by atoms with E-state index < -0.39 is 11.7 Å². The fourth-order valence-corrected chi connectivity index (χ4v) is 1.99. The van der Waals surface area contributed by atoms with Gasteiger partial charge in [-0.15, -0.1) is 0 Å². The van der Waals surface area contributed by atoms with Crippen molar-refractivity contribution >= 4 is 17.6 Å². The fourth-order valence-electron chi connectivity index (χ4n) is 1.99. The van der Waals surface area contributed by atoms with Crippen LogP contribution >= 0.6 is 0 Å². The van der Waals surface area contributed by atoms with Crippen molar-refractivity contribution < 1.29 is 9.53 Å². The van der Waals surface area contributed by atoms with Crippen LogP contribution in [0.4, 0.5) is 16.3 Å². The second-order valence-electron chi connectivity index (χ2n) is 6.34. The van der Waals surface area contributed by atoms with Crippen molar-refractivity contribution in [1.82, 2.24) is 10.3 Å². The summed E-state index contributed by atoms with van der Waals surface area (Å²) in [5.74, 6) is 0.773. The van der Waals surface area contributed by atoms with Gasteiger partial charge in [0.15, 0.2) is 0 Å². The topological polar surface area (TPSA) is 63.2 Å². The number of amides is 1. The Hall–Kier alpha value is -2.56. The molecule has 0 atom stereocenters. The number of aromatic nitrogens is 1. The zero-order chi connectivity index (χ0) is 16.9. The second-order valence-corrected chi connectivity index (χ2v) is 6.34. The second kappa shape index (κ2) is 7.13. The Bertz CT molecular complexity index is 664. The SMILES string of the molecule is Cc1cc(Nc2ccccc2)ncc1CNC(=O)OC(C)(C)C. The number of aryl methyl sites for hydroxylation is 1. The third-order valence-electron chi connectivity index (χ3n) is 3.09. The van der Waals surface area contributed by atoms with Crippen LogP contribution in [0.3, 0.4) is 0 Å². The molecule has 1 aromatic carbocycles. The molecule has 2 N–H and O–H groups in total. The number of carbonyl (C=O) groups excluding carboxylic acids is 1. The molecule has 122 valence electrons. The van der Waals surface area contributed by atoms with Gasteiger partial charge in [-0.3, -0.25) is 0 Å². The average molecular weight is 313 g/mol. The molecule has 0 aliphatic rings. The quantitative estimate of drug-likeness (QED) is 0.889. The van der Waals surface area contributed by atoms with Crippen LogP contribution in [0, 0.1) is 6.92 Å². The van der Waals surface area contributed by atoms with Gasteiger partial charge in [0.1, 0.15) is 11.4 Å². The molecule has 0 unspecified atom stereocenters. The van der Waals surface area contributed by atoms with Gasteiger partial charge < -0.3 is 15.4 Å². The van der Waals surface area contributed by atoms with Gasteiger partial charge in [-0.25, -0.2) is 9.78 Å². The van der Waals surface area contributed by atoms with Gasteiger partial charge in [-0.1, -0.05) is 18.2 Å². The maximum Gasteiger partial charge on any atom is 0.407 e. The third kappa shape index (κ3) is 5.62. The highest BCUT2D eigenvalue weighted by molar-refractivity contribution is 5.67. The van der Waals surface area contributed by atoms with E-state index in [4.69, 9.17) is 4.74 Å². The first-order valence-corrected chi connectivity index (χ1v) is 7.58. The maximum absolute atomic E-state index is 11.7. The minimum Gasteiger partial charge on any atom is -0.444 e. The van der Waals surface area contributed by atoms with E-state index in [1.807, 2.05) is 64.1 Å². The van der Waals surface area contributed by atoms with Gasteiger partial charge in [0, 0.05) is 18.4 Å². The van der Waals surface area contributed by atoms with Crippen LogP contribution in [0.15, 0.2) is 42.6 Å². The highest BCUT2D eigenvalue weighted by atomic mass is 16.6. The number of nitrogens with one attached hydrogen (secondary N) is 2. The molecular weight excluding hydrogens is 290 g/mol.